The fraction of sp³-hybridized carbons (Fsp3) is 0.455. The molecule has 0 saturated heterocycles. The summed E-state index contributed by atoms with van der Waals surface area (Å²) in [6, 6.07) is 3.43. The molecule has 1 rings (SSSR count). The molecule has 0 aliphatic carbocycles. The van der Waals surface area contributed by atoms with Crippen molar-refractivity contribution in [2.45, 2.75) is 13.8 Å². The molecule has 1 heterocycles. The number of carbonyl (C=O) groups excluding carboxylic acids is 2. The first-order chi connectivity index (χ1) is 7.69. The van der Waals surface area contributed by atoms with Crippen LogP contribution >= 0.6 is 0 Å². The first-order valence-electron chi connectivity index (χ1n) is 5.26. The average Bonchev–Trinajstić information content (AvgIpc) is 2.81. The molecule has 0 aliphatic heterocycles. The second kappa shape index (κ2) is 5.95. The van der Waals surface area contributed by atoms with Gasteiger partial charge in [0.2, 0.25) is 0 Å². The van der Waals surface area contributed by atoms with Crippen LogP contribution in [0.15, 0.2) is 24.5 Å². The quantitative estimate of drug-likeness (QED) is 0.775. The van der Waals surface area contributed by atoms with E-state index in [1.54, 1.807) is 29.4 Å². The molecule has 0 bridgehead atoms. The van der Waals surface area contributed by atoms with Crippen molar-refractivity contribution in [3.8, 4) is 0 Å². The molecule has 1 amide bonds. The molecular weight excluding hydrogens is 208 g/mol. The Bertz CT molecular complexity index is 342. The summed E-state index contributed by atoms with van der Waals surface area (Å²) < 4.78 is 6.15. The molecule has 0 N–H and O–H groups in total. The van der Waals surface area contributed by atoms with Crippen molar-refractivity contribution < 1.29 is 14.3 Å². The zero-order chi connectivity index (χ0) is 12.0. The summed E-state index contributed by atoms with van der Waals surface area (Å²) in [6.45, 7) is 4.80. The Kier molecular flexibility index (Phi) is 4.57. The molecule has 0 radical (unpaired) electrons. The van der Waals surface area contributed by atoms with E-state index in [1.807, 2.05) is 13.8 Å². The van der Waals surface area contributed by atoms with Crippen molar-refractivity contribution in [3.05, 3.63) is 24.5 Å². The smallest absolute Gasteiger partial charge is 0.418 e. The molecule has 0 unspecified atom stereocenters. The number of aromatic nitrogens is 1. The van der Waals surface area contributed by atoms with Crippen LogP contribution in [0.5, 0.6) is 0 Å². The Hall–Kier alpha value is -1.78. The molecule has 0 spiro atoms. The second-order valence-corrected chi connectivity index (χ2v) is 3.21. The highest BCUT2D eigenvalue weighted by atomic mass is 16.6. The van der Waals surface area contributed by atoms with Gasteiger partial charge < -0.3 is 9.64 Å². The molecule has 16 heavy (non-hydrogen) atoms. The fourth-order valence-corrected chi connectivity index (χ4v) is 1.32. The van der Waals surface area contributed by atoms with Gasteiger partial charge in [0.25, 0.3) is 5.91 Å². The molecule has 0 saturated carbocycles. The Morgan fingerprint density at radius 3 is 2.25 bits per heavy atom. The normalized spacial score (nSPS) is 9.88. The molecule has 5 heteroatoms. The summed E-state index contributed by atoms with van der Waals surface area (Å²) in [6.07, 6.45) is 2.61. The van der Waals surface area contributed by atoms with Crippen LogP contribution in [-0.2, 0) is 9.53 Å². The van der Waals surface area contributed by atoms with E-state index >= 15 is 0 Å². The monoisotopic (exact) mass is 224 g/mol. The van der Waals surface area contributed by atoms with Crippen LogP contribution in [0.4, 0.5) is 4.79 Å². The summed E-state index contributed by atoms with van der Waals surface area (Å²) in [5.41, 5.74) is 0. The number of hydrogen-bond acceptors (Lipinski definition) is 3. The maximum absolute atomic E-state index is 11.5. The highest BCUT2D eigenvalue weighted by molar-refractivity contribution is 5.80. The van der Waals surface area contributed by atoms with Gasteiger partial charge in [-0.05, 0) is 26.0 Å². The van der Waals surface area contributed by atoms with E-state index in [2.05, 4.69) is 0 Å². The van der Waals surface area contributed by atoms with Gasteiger partial charge in [-0.1, -0.05) is 0 Å². The molecule has 5 nitrogen and oxygen atoms in total. The third-order valence-corrected chi connectivity index (χ3v) is 2.25. The van der Waals surface area contributed by atoms with E-state index in [9.17, 15) is 9.59 Å². The van der Waals surface area contributed by atoms with E-state index in [0.29, 0.717) is 13.1 Å². The van der Waals surface area contributed by atoms with Gasteiger partial charge >= 0.3 is 6.09 Å². The van der Waals surface area contributed by atoms with Gasteiger partial charge in [0.15, 0.2) is 6.61 Å². The maximum Gasteiger partial charge on any atom is 0.418 e. The van der Waals surface area contributed by atoms with E-state index in [-0.39, 0.29) is 12.5 Å². The summed E-state index contributed by atoms with van der Waals surface area (Å²) >= 11 is 0. The standard InChI is InChI=1S/C11H16N2O3/c1-3-12(4-2)10(14)9-16-11(15)13-7-5-6-8-13/h5-8H,3-4,9H2,1-2H3. The summed E-state index contributed by atoms with van der Waals surface area (Å²) in [4.78, 5) is 24.5. The predicted molar refractivity (Wildman–Crippen MR) is 59.1 cm³/mol. The molecule has 1 aromatic rings. The van der Waals surface area contributed by atoms with Crippen molar-refractivity contribution in [1.29, 1.82) is 0 Å². The van der Waals surface area contributed by atoms with Crippen molar-refractivity contribution in [1.82, 2.24) is 9.47 Å². The number of hydrogen-bond donors (Lipinski definition) is 0. The minimum Gasteiger partial charge on any atom is -0.439 e. The predicted octanol–water partition coefficient (Wildman–Crippen LogP) is 1.34. The summed E-state index contributed by atoms with van der Waals surface area (Å²) in [5, 5.41) is 0. The molecule has 0 aliphatic rings. The van der Waals surface area contributed by atoms with E-state index < -0.39 is 6.09 Å². The Morgan fingerprint density at radius 1 is 1.19 bits per heavy atom. The number of carbonyl (C=O) groups is 2. The van der Waals surface area contributed by atoms with Crippen LogP contribution in [0, 0.1) is 0 Å². The zero-order valence-electron chi connectivity index (χ0n) is 9.55. The van der Waals surface area contributed by atoms with Crippen LogP contribution in [0.25, 0.3) is 0 Å². The van der Waals surface area contributed by atoms with Crippen molar-refractivity contribution in [2.24, 2.45) is 0 Å². The minimum atomic E-state index is -0.537. The van der Waals surface area contributed by atoms with Gasteiger partial charge in [-0.2, -0.15) is 0 Å². The van der Waals surface area contributed by atoms with Crippen LogP contribution in [0.1, 0.15) is 13.8 Å². The van der Waals surface area contributed by atoms with Crippen LogP contribution < -0.4 is 0 Å². The average molecular weight is 224 g/mol. The lowest BCUT2D eigenvalue weighted by molar-refractivity contribution is -0.133. The lowest BCUT2D eigenvalue weighted by Gasteiger charge is -2.18. The van der Waals surface area contributed by atoms with E-state index in [1.165, 1.54) is 4.57 Å². The topological polar surface area (TPSA) is 51.5 Å². The first kappa shape index (κ1) is 12.3. The first-order valence-corrected chi connectivity index (χ1v) is 5.26. The number of ether oxygens (including phenoxy) is 1. The van der Waals surface area contributed by atoms with Gasteiger partial charge in [0.05, 0.1) is 0 Å². The SMILES string of the molecule is CCN(CC)C(=O)COC(=O)n1cccc1. The van der Waals surface area contributed by atoms with Gasteiger partial charge in [0, 0.05) is 25.5 Å². The molecule has 0 fully saturated rings. The van der Waals surface area contributed by atoms with E-state index in [0.717, 1.165) is 0 Å². The Morgan fingerprint density at radius 2 is 1.75 bits per heavy atom. The largest absolute Gasteiger partial charge is 0.439 e. The Balaban J connectivity index is 2.40. The lowest BCUT2D eigenvalue weighted by atomic mass is 10.5. The molecular formula is C11H16N2O3. The molecule has 1 aromatic heterocycles. The number of amides is 1. The minimum absolute atomic E-state index is 0.175. The van der Waals surface area contributed by atoms with Gasteiger partial charge in [-0.3, -0.25) is 9.36 Å². The van der Waals surface area contributed by atoms with Crippen LogP contribution in [0.2, 0.25) is 0 Å². The van der Waals surface area contributed by atoms with Gasteiger partial charge in [-0.25, -0.2) is 4.79 Å². The highest BCUT2D eigenvalue weighted by Gasteiger charge is 2.12. The van der Waals surface area contributed by atoms with Crippen molar-refractivity contribution in [2.75, 3.05) is 19.7 Å². The third kappa shape index (κ3) is 3.12. The number of nitrogens with zero attached hydrogens (tertiary/aromatic N) is 2. The van der Waals surface area contributed by atoms with Crippen molar-refractivity contribution in [3.63, 3.8) is 0 Å². The molecule has 0 atom stereocenters. The molecule has 0 aromatic carbocycles. The molecule has 88 valence electrons. The fourth-order valence-electron chi connectivity index (χ4n) is 1.32. The summed E-state index contributed by atoms with van der Waals surface area (Å²) in [5.74, 6) is -0.175. The van der Waals surface area contributed by atoms with Crippen molar-refractivity contribution >= 4 is 12.0 Å². The lowest BCUT2D eigenvalue weighted by Crippen LogP contribution is -2.34. The maximum atomic E-state index is 11.5. The third-order valence-electron chi connectivity index (χ3n) is 2.25. The number of rotatable bonds is 4. The van der Waals surface area contributed by atoms with E-state index in [4.69, 9.17) is 4.74 Å². The van der Waals surface area contributed by atoms with Gasteiger partial charge in [-0.15, -0.1) is 0 Å². The number of likely N-dealkylation sites (N-methyl/N-ethyl adjacent to an activating group) is 1. The zero-order valence-corrected chi connectivity index (χ0v) is 9.55. The van der Waals surface area contributed by atoms with Crippen LogP contribution in [-0.4, -0.2) is 41.2 Å². The Labute approximate surface area is 94.6 Å². The second-order valence-electron chi connectivity index (χ2n) is 3.21. The highest BCUT2D eigenvalue weighted by Crippen LogP contribution is 1.95. The van der Waals surface area contributed by atoms with Gasteiger partial charge in [0.1, 0.15) is 0 Å². The summed E-state index contributed by atoms with van der Waals surface area (Å²) in [7, 11) is 0. The van der Waals surface area contributed by atoms with Crippen LogP contribution in [0.3, 0.4) is 0 Å².